The standard InChI is InChI=1S/C26H29N5O6/c1-30-10-2-8-26(35,25(30)34)9-5-16-3-4-19-18(15-16)23-29-20(22(27)32)21(31(23)11-14-37-19)24(33)28-17-6-12-36-13-7-17/h3-4,15,17,35H,2,6-8,10-14H2,1H3,(H2,27,32)(H,28,33)/t26-/m1/s1. The first-order valence-electron chi connectivity index (χ1n) is 12.3. The highest BCUT2D eigenvalue weighted by atomic mass is 16.5. The predicted octanol–water partition coefficient (Wildman–Crippen LogP) is 0.285. The number of aromatic nitrogens is 2. The van der Waals surface area contributed by atoms with Gasteiger partial charge >= 0.3 is 0 Å². The van der Waals surface area contributed by atoms with Crippen LogP contribution < -0.4 is 15.8 Å². The molecule has 0 radical (unpaired) electrons. The highest BCUT2D eigenvalue weighted by Gasteiger charge is 2.39. The van der Waals surface area contributed by atoms with Gasteiger partial charge in [-0.2, -0.15) is 0 Å². The first kappa shape index (κ1) is 24.8. The first-order valence-corrected chi connectivity index (χ1v) is 12.3. The largest absolute Gasteiger partial charge is 0.491 e. The Bertz CT molecular complexity index is 1320. The van der Waals surface area contributed by atoms with Crippen molar-refractivity contribution in [3.8, 4) is 29.0 Å². The van der Waals surface area contributed by atoms with E-state index in [1.54, 1.807) is 29.8 Å². The number of amides is 3. The van der Waals surface area contributed by atoms with Gasteiger partial charge < -0.3 is 35.1 Å². The van der Waals surface area contributed by atoms with Gasteiger partial charge in [-0.05, 0) is 43.9 Å². The zero-order valence-electron chi connectivity index (χ0n) is 20.6. The second-order valence-electron chi connectivity index (χ2n) is 9.51. The molecular weight excluding hydrogens is 478 g/mol. The maximum atomic E-state index is 13.3. The molecule has 37 heavy (non-hydrogen) atoms. The first-order chi connectivity index (χ1) is 17.8. The minimum Gasteiger partial charge on any atom is -0.491 e. The second-order valence-corrected chi connectivity index (χ2v) is 9.51. The summed E-state index contributed by atoms with van der Waals surface area (Å²) >= 11 is 0. The molecule has 0 saturated carbocycles. The number of rotatable bonds is 3. The molecule has 3 aliphatic heterocycles. The lowest BCUT2D eigenvalue weighted by atomic mass is 9.92. The average molecular weight is 508 g/mol. The summed E-state index contributed by atoms with van der Waals surface area (Å²) in [7, 11) is 1.64. The summed E-state index contributed by atoms with van der Waals surface area (Å²) in [6.07, 6.45) is 2.27. The SMILES string of the molecule is CN1CCC[C@@](O)(C#Cc2ccc3c(c2)-c2nc(C(N)=O)c(C(=O)NC4CCOCC4)n2CCO3)C1=O. The molecule has 0 spiro atoms. The highest BCUT2D eigenvalue weighted by molar-refractivity contribution is 6.05. The number of primary amides is 1. The Labute approximate surface area is 213 Å². The van der Waals surface area contributed by atoms with Gasteiger partial charge in [-0.15, -0.1) is 0 Å². The zero-order valence-corrected chi connectivity index (χ0v) is 20.6. The van der Waals surface area contributed by atoms with E-state index >= 15 is 0 Å². The number of imidazole rings is 1. The van der Waals surface area contributed by atoms with Crippen molar-refractivity contribution in [2.75, 3.05) is 33.4 Å². The van der Waals surface area contributed by atoms with Gasteiger partial charge in [0.05, 0.1) is 12.1 Å². The lowest BCUT2D eigenvalue weighted by Crippen LogP contribution is -2.51. The van der Waals surface area contributed by atoms with Gasteiger partial charge in [0.15, 0.2) is 5.69 Å². The van der Waals surface area contributed by atoms with Crippen LogP contribution in [0.25, 0.3) is 11.4 Å². The minimum atomic E-state index is -1.75. The third kappa shape index (κ3) is 4.77. The molecule has 2 saturated heterocycles. The predicted molar refractivity (Wildman–Crippen MR) is 132 cm³/mol. The molecule has 5 rings (SSSR count). The van der Waals surface area contributed by atoms with Crippen LogP contribution in [-0.2, 0) is 16.1 Å². The van der Waals surface area contributed by atoms with E-state index < -0.39 is 23.3 Å². The van der Waals surface area contributed by atoms with E-state index in [9.17, 15) is 19.5 Å². The number of ether oxygens (including phenoxy) is 2. The highest BCUT2D eigenvalue weighted by Crippen LogP contribution is 2.34. The summed E-state index contributed by atoms with van der Waals surface area (Å²) in [5.74, 6) is 4.85. The number of hydrogen-bond donors (Lipinski definition) is 3. The number of piperidine rings is 1. The van der Waals surface area contributed by atoms with Crippen LogP contribution in [0.3, 0.4) is 0 Å². The molecular formula is C26H29N5O6. The van der Waals surface area contributed by atoms with Crippen molar-refractivity contribution in [2.45, 2.75) is 43.9 Å². The molecule has 0 unspecified atom stereocenters. The second kappa shape index (κ2) is 9.88. The smallest absolute Gasteiger partial charge is 0.270 e. The third-order valence-corrected chi connectivity index (χ3v) is 6.91. The Hall–Kier alpha value is -3.88. The number of nitrogens with one attached hydrogen (secondary N) is 1. The number of carbonyl (C=O) groups excluding carboxylic acids is 3. The fraction of sp³-hybridized carbons (Fsp3) is 0.462. The number of likely N-dealkylation sites (N-methyl/N-ethyl adjacent to an activating group) is 1. The Morgan fingerprint density at radius 1 is 1.24 bits per heavy atom. The van der Waals surface area contributed by atoms with Gasteiger partial charge in [-0.25, -0.2) is 4.98 Å². The quantitative estimate of drug-likeness (QED) is 0.506. The van der Waals surface area contributed by atoms with Crippen molar-refractivity contribution in [3.05, 3.63) is 35.2 Å². The van der Waals surface area contributed by atoms with Crippen molar-refractivity contribution in [1.82, 2.24) is 19.8 Å². The molecule has 11 heteroatoms. The zero-order chi connectivity index (χ0) is 26.2. The monoisotopic (exact) mass is 507 g/mol. The van der Waals surface area contributed by atoms with E-state index in [0.717, 1.165) is 0 Å². The molecule has 2 fully saturated rings. The number of hydrogen-bond acceptors (Lipinski definition) is 7. The molecule has 1 aromatic heterocycles. The van der Waals surface area contributed by atoms with E-state index in [1.165, 1.54) is 4.90 Å². The van der Waals surface area contributed by atoms with E-state index in [4.69, 9.17) is 15.2 Å². The van der Waals surface area contributed by atoms with Crippen LogP contribution in [0.4, 0.5) is 0 Å². The number of likely N-dealkylation sites (tertiary alicyclic amines) is 1. The third-order valence-electron chi connectivity index (χ3n) is 6.91. The van der Waals surface area contributed by atoms with E-state index in [0.29, 0.717) is 61.7 Å². The Morgan fingerprint density at radius 2 is 2.03 bits per heavy atom. The molecule has 2 aromatic rings. The maximum Gasteiger partial charge on any atom is 0.270 e. The lowest BCUT2D eigenvalue weighted by Gasteiger charge is -2.32. The van der Waals surface area contributed by atoms with Gasteiger partial charge in [0.1, 0.15) is 23.9 Å². The molecule has 4 heterocycles. The van der Waals surface area contributed by atoms with Crippen molar-refractivity contribution in [2.24, 2.45) is 5.73 Å². The van der Waals surface area contributed by atoms with Crippen LogP contribution in [0, 0.1) is 11.8 Å². The van der Waals surface area contributed by atoms with Crippen LogP contribution in [-0.4, -0.2) is 82.3 Å². The summed E-state index contributed by atoms with van der Waals surface area (Å²) < 4.78 is 12.9. The van der Waals surface area contributed by atoms with Crippen LogP contribution in [0.15, 0.2) is 18.2 Å². The van der Waals surface area contributed by atoms with E-state index in [1.807, 2.05) is 0 Å². The Kier molecular flexibility index (Phi) is 6.62. The number of nitrogens with zero attached hydrogens (tertiary/aromatic N) is 3. The van der Waals surface area contributed by atoms with Crippen molar-refractivity contribution in [1.29, 1.82) is 0 Å². The van der Waals surface area contributed by atoms with E-state index in [-0.39, 0.29) is 37.0 Å². The van der Waals surface area contributed by atoms with Crippen molar-refractivity contribution < 1.29 is 29.0 Å². The topological polar surface area (TPSA) is 149 Å². The summed E-state index contributed by atoms with van der Waals surface area (Å²) in [6, 6.07) is 5.07. The average Bonchev–Trinajstić information content (AvgIpc) is 3.18. The number of nitrogens with two attached hydrogens (primary N) is 1. The normalized spacial score (nSPS) is 21.6. The van der Waals surface area contributed by atoms with Crippen LogP contribution >= 0.6 is 0 Å². The molecule has 3 aliphatic rings. The van der Waals surface area contributed by atoms with Crippen molar-refractivity contribution in [3.63, 3.8) is 0 Å². The van der Waals surface area contributed by atoms with Crippen molar-refractivity contribution >= 4 is 17.7 Å². The fourth-order valence-corrected chi connectivity index (χ4v) is 4.92. The summed E-state index contributed by atoms with van der Waals surface area (Å²) in [6.45, 7) is 2.22. The number of aliphatic hydroxyl groups is 1. The number of fused-ring (bicyclic) bond motifs is 3. The minimum absolute atomic E-state index is 0.0725. The summed E-state index contributed by atoms with van der Waals surface area (Å²) in [5.41, 5.74) is 4.89. The number of benzene rings is 1. The number of carbonyl (C=O) groups is 3. The molecule has 3 amide bonds. The maximum absolute atomic E-state index is 13.3. The molecule has 1 aromatic carbocycles. The molecule has 1 atom stereocenters. The van der Waals surface area contributed by atoms with Gasteiger partial charge in [-0.1, -0.05) is 11.8 Å². The molecule has 0 bridgehead atoms. The Morgan fingerprint density at radius 3 is 2.78 bits per heavy atom. The van der Waals surface area contributed by atoms with Gasteiger partial charge in [0, 0.05) is 38.4 Å². The lowest BCUT2D eigenvalue weighted by molar-refractivity contribution is -0.148. The molecule has 0 aliphatic carbocycles. The van der Waals surface area contributed by atoms with Gasteiger partial charge in [0.2, 0.25) is 5.60 Å². The van der Waals surface area contributed by atoms with E-state index in [2.05, 4.69) is 22.1 Å². The summed E-state index contributed by atoms with van der Waals surface area (Å²) in [4.78, 5) is 44.0. The summed E-state index contributed by atoms with van der Waals surface area (Å²) in [5, 5.41) is 13.8. The van der Waals surface area contributed by atoms with Crippen LogP contribution in [0.1, 0.15) is 52.2 Å². The Balaban J connectivity index is 1.52. The van der Waals surface area contributed by atoms with Gasteiger partial charge in [0.25, 0.3) is 17.7 Å². The molecule has 4 N–H and O–H groups in total. The van der Waals surface area contributed by atoms with Gasteiger partial charge in [-0.3, -0.25) is 14.4 Å². The van der Waals surface area contributed by atoms with Crippen LogP contribution in [0.2, 0.25) is 0 Å². The molecule has 11 nitrogen and oxygen atoms in total. The molecule has 194 valence electrons. The van der Waals surface area contributed by atoms with Crippen LogP contribution in [0.5, 0.6) is 5.75 Å². The fourth-order valence-electron chi connectivity index (χ4n) is 4.92.